The topological polar surface area (TPSA) is 78.9 Å². The van der Waals surface area contributed by atoms with Crippen LogP contribution >= 0.6 is 0 Å². The smallest absolute Gasteiger partial charge is 0.306 e. The Morgan fingerprint density at radius 1 is 0.256 bits per heavy atom. The second kappa shape index (κ2) is 70.1. The standard InChI is InChI=1S/C76H134O6/c1-4-7-10-13-16-19-22-25-28-31-33-35-36-37-38-39-40-42-43-45-48-51-54-57-60-63-66-69-75(78)81-72-73(71-80-74(77)68-65-62-59-56-53-50-47-30-27-24-21-18-15-12-9-6-3)82-76(79)70-67-64-61-58-55-52-49-46-44-41-34-32-29-26-23-20-17-14-11-8-5-2/h7,10,16,19,25,28,33,35,37-38,40,42,45,48,73H,4-6,8-9,11-15,17-18,20-24,26-27,29-32,34,36,39,41,43-44,46-47,49-72H2,1-3H3/b10-7-,19-16-,28-25-,35-33-,38-37-,42-40-,48-45-. The predicted octanol–water partition coefficient (Wildman–Crippen LogP) is 24.6. The van der Waals surface area contributed by atoms with Gasteiger partial charge in [-0.2, -0.15) is 0 Å². The van der Waals surface area contributed by atoms with Gasteiger partial charge in [0.2, 0.25) is 0 Å². The molecule has 82 heavy (non-hydrogen) atoms. The van der Waals surface area contributed by atoms with Gasteiger partial charge in [0.15, 0.2) is 6.10 Å². The molecule has 0 fully saturated rings. The van der Waals surface area contributed by atoms with Crippen molar-refractivity contribution >= 4 is 17.9 Å². The van der Waals surface area contributed by atoms with Crippen molar-refractivity contribution in [1.82, 2.24) is 0 Å². The summed E-state index contributed by atoms with van der Waals surface area (Å²) < 4.78 is 17.0. The van der Waals surface area contributed by atoms with Crippen molar-refractivity contribution in [2.45, 2.75) is 367 Å². The fourth-order valence-electron chi connectivity index (χ4n) is 10.4. The minimum absolute atomic E-state index is 0.0775. The van der Waals surface area contributed by atoms with Crippen LogP contribution in [0.25, 0.3) is 0 Å². The zero-order valence-electron chi connectivity index (χ0n) is 54.5. The number of hydrogen-bond acceptors (Lipinski definition) is 6. The van der Waals surface area contributed by atoms with Crippen LogP contribution in [-0.2, 0) is 28.6 Å². The van der Waals surface area contributed by atoms with E-state index in [0.717, 1.165) is 122 Å². The zero-order chi connectivity index (χ0) is 59.2. The van der Waals surface area contributed by atoms with E-state index in [1.165, 1.54) is 199 Å². The summed E-state index contributed by atoms with van der Waals surface area (Å²) in [6.45, 7) is 6.57. The average molecular weight is 1140 g/mol. The molecule has 1 atom stereocenters. The highest BCUT2D eigenvalue weighted by Crippen LogP contribution is 2.18. The van der Waals surface area contributed by atoms with Gasteiger partial charge in [-0.25, -0.2) is 0 Å². The van der Waals surface area contributed by atoms with E-state index in [1.807, 2.05) is 0 Å². The maximum absolute atomic E-state index is 13.0. The second-order valence-corrected chi connectivity index (χ2v) is 23.8. The summed E-state index contributed by atoms with van der Waals surface area (Å²) in [5, 5.41) is 0. The van der Waals surface area contributed by atoms with E-state index in [0.29, 0.717) is 19.3 Å². The van der Waals surface area contributed by atoms with E-state index in [4.69, 9.17) is 14.2 Å². The van der Waals surface area contributed by atoms with Crippen LogP contribution in [0.3, 0.4) is 0 Å². The summed E-state index contributed by atoms with van der Waals surface area (Å²) in [6, 6.07) is 0. The van der Waals surface area contributed by atoms with Crippen molar-refractivity contribution in [3.63, 3.8) is 0 Å². The molecular formula is C76H134O6. The molecule has 6 heteroatoms. The summed E-state index contributed by atoms with van der Waals surface area (Å²) in [4.78, 5) is 38.5. The van der Waals surface area contributed by atoms with Gasteiger partial charge in [-0.3, -0.25) is 14.4 Å². The van der Waals surface area contributed by atoms with Gasteiger partial charge in [0.1, 0.15) is 13.2 Å². The van der Waals surface area contributed by atoms with E-state index in [1.54, 1.807) is 0 Å². The Kier molecular flexibility index (Phi) is 67.2. The Labute approximate surface area is 509 Å². The normalized spacial score (nSPS) is 12.6. The van der Waals surface area contributed by atoms with Gasteiger partial charge in [-0.15, -0.1) is 0 Å². The first-order valence-corrected chi connectivity index (χ1v) is 35.6. The van der Waals surface area contributed by atoms with Crippen molar-refractivity contribution in [3.8, 4) is 0 Å². The van der Waals surface area contributed by atoms with Crippen LogP contribution < -0.4 is 0 Å². The molecule has 0 heterocycles. The SMILES string of the molecule is CC/C=C\C/C=C\C/C=C\C/C=C\C/C=C\C/C=C\C/C=C\CCCCCCCC(=O)OCC(COC(=O)CCCCCCCCCCCCCCCCCC)OC(=O)CCCCCCCCCCCCCCCCCCCCCCC. The summed E-state index contributed by atoms with van der Waals surface area (Å²) in [7, 11) is 0. The van der Waals surface area contributed by atoms with E-state index in [-0.39, 0.29) is 31.1 Å². The number of unbranched alkanes of at least 4 members (excludes halogenated alkanes) is 40. The monoisotopic (exact) mass is 1140 g/mol. The van der Waals surface area contributed by atoms with E-state index >= 15 is 0 Å². The molecule has 0 aromatic heterocycles. The summed E-state index contributed by atoms with van der Waals surface area (Å²) >= 11 is 0. The van der Waals surface area contributed by atoms with Crippen LogP contribution in [-0.4, -0.2) is 37.2 Å². The molecule has 0 aliphatic carbocycles. The van der Waals surface area contributed by atoms with Crippen LogP contribution in [0.15, 0.2) is 85.1 Å². The predicted molar refractivity (Wildman–Crippen MR) is 358 cm³/mol. The Balaban J connectivity index is 4.37. The van der Waals surface area contributed by atoms with Crippen LogP contribution in [0.5, 0.6) is 0 Å². The number of allylic oxidation sites excluding steroid dienone is 14. The molecule has 0 radical (unpaired) electrons. The van der Waals surface area contributed by atoms with Crippen molar-refractivity contribution in [2.24, 2.45) is 0 Å². The highest BCUT2D eigenvalue weighted by atomic mass is 16.6. The molecule has 0 bridgehead atoms. The molecule has 0 aromatic rings. The molecule has 0 aromatic carbocycles. The first kappa shape index (κ1) is 78.6. The quantitative estimate of drug-likeness (QED) is 0.0261. The molecule has 6 nitrogen and oxygen atoms in total. The number of ether oxygens (including phenoxy) is 3. The number of rotatable bonds is 65. The lowest BCUT2D eigenvalue weighted by atomic mass is 10.0. The summed E-state index contributed by atoms with van der Waals surface area (Å²) in [6.07, 6.45) is 93.2. The van der Waals surface area contributed by atoms with E-state index < -0.39 is 6.10 Å². The molecular weight excluding hydrogens is 1010 g/mol. The highest BCUT2D eigenvalue weighted by Gasteiger charge is 2.19. The lowest BCUT2D eigenvalue weighted by Crippen LogP contribution is -2.30. The van der Waals surface area contributed by atoms with Gasteiger partial charge in [-0.1, -0.05) is 350 Å². The van der Waals surface area contributed by atoms with Gasteiger partial charge >= 0.3 is 17.9 Å². The molecule has 0 rings (SSSR count). The van der Waals surface area contributed by atoms with Crippen molar-refractivity contribution in [2.75, 3.05) is 13.2 Å². The molecule has 0 N–H and O–H groups in total. The highest BCUT2D eigenvalue weighted by molar-refractivity contribution is 5.71. The lowest BCUT2D eigenvalue weighted by molar-refractivity contribution is -0.167. The Morgan fingerprint density at radius 2 is 0.476 bits per heavy atom. The van der Waals surface area contributed by atoms with Crippen molar-refractivity contribution in [1.29, 1.82) is 0 Å². The Bertz CT molecular complexity index is 1550. The summed E-state index contributed by atoms with van der Waals surface area (Å²) in [5.74, 6) is -0.874. The molecule has 0 saturated carbocycles. The Hall–Kier alpha value is -3.41. The fourth-order valence-corrected chi connectivity index (χ4v) is 10.4. The number of carbonyl (C=O) groups is 3. The van der Waals surface area contributed by atoms with Crippen LogP contribution in [0.1, 0.15) is 361 Å². The number of carbonyl (C=O) groups excluding carboxylic acids is 3. The third-order valence-electron chi connectivity index (χ3n) is 15.7. The van der Waals surface area contributed by atoms with Gasteiger partial charge < -0.3 is 14.2 Å². The fraction of sp³-hybridized carbons (Fsp3) is 0.776. The maximum Gasteiger partial charge on any atom is 0.306 e. The molecule has 1 unspecified atom stereocenters. The minimum Gasteiger partial charge on any atom is -0.462 e. The van der Waals surface area contributed by atoms with Gasteiger partial charge in [0.05, 0.1) is 0 Å². The Morgan fingerprint density at radius 3 is 0.744 bits per heavy atom. The maximum atomic E-state index is 13.0. The third kappa shape index (κ3) is 67.4. The van der Waals surface area contributed by atoms with Crippen LogP contribution in [0.4, 0.5) is 0 Å². The number of esters is 3. The first-order chi connectivity index (χ1) is 40.5. The molecule has 0 spiro atoms. The second-order valence-electron chi connectivity index (χ2n) is 23.8. The first-order valence-electron chi connectivity index (χ1n) is 35.6. The third-order valence-corrected chi connectivity index (χ3v) is 15.7. The largest absolute Gasteiger partial charge is 0.462 e. The van der Waals surface area contributed by atoms with Crippen molar-refractivity contribution < 1.29 is 28.6 Å². The summed E-state index contributed by atoms with van der Waals surface area (Å²) in [5.41, 5.74) is 0. The van der Waals surface area contributed by atoms with E-state index in [9.17, 15) is 14.4 Å². The van der Waals surface area contributed by atoms with Crippen molar-refractivity contribution in [3.05, 3.63) is 85.1 Å². The van der Waals surface area contributed by atoms with Gasteiger partial charge in [0.25, 0.3) is 0 Å². The molecule has 0 aliphatic heterocycles. The van der Waals surface area contributed by atoms with E-state index in [2.05, 4.69) is 106 Å². The number of hydrogen-bond donors (Lipinski definition) is 0. The molecule has 0 amide bonds. The minimum atomic E-state index is -0.784. The molecule has 0 aliphatic rings. The molecule has 474 valence electrons. The van der Waals surface area contributed by atoms with Gasteiger partial charge in [-0.05, 0) is 77.0 Å². The van der Waals surface area contributed by atoms with Crippen LogP contribution in [0.2, 0.25) is 0 Å². The van der Waals surface area contributed by atoms with Gasteiger partial charge in [0, 0.05) is 19.3 Å². The lowest BCUT2D eigenvalue weighted by Gasteiger charge is -2.18. The average Bonchev–Trinajstić information content (AvgIpc) is 3.47. The zero-order valence-corrected chi connectivity index (χ0v) is 54.5. The molecule has 0 saturated heterocycles. The van der Waals surface area contributed by atoms with Crippen LogP contribution in [0, 0.1) is 0 Å².